The highest BCUT2D eigenvalue weighted by molar-refractivity contribution is 7.14. The highest BCUT2D eigenvalue weighted by Gasteiger charge is 2.35. The molecule has 0 spiro atoms. The molecule has 4 rings (SSSR count). The van der Waals surface area contributed by atoms with Crippen LogP contribution < -0.4 is 10.6 Å². The van der Waals surface area contributed by atoms with Gasteiger partial charge in [0.25, 0.3) is 5.91 Å². The third kappa shape index (κ3) is 7.14. The molecule has 1 fully saturated rings. The van der Waals surface area contributed by atoms with E-state index in [1.54, 1.807) is 19.2 Å². The topological polar surface area (TPSA) is 110 Å². The van der Waals surface area contributed by atoms with Gasteiger partial charge in [0.1, 0.15) is 12.6 Å². The number of amides is 3. The second-order valence-electron chi connectivity index (χ2n) is 8.60. The maximum absolute atomic E-state index is 13.0. The fourth-order valence-electron chi connectivity index (χ4n) is 4.03. The molecule has 0 radical (unpaired) electrons. The number of carbonyl (C=O) groups is 3. The number of nitrogens with one attached hydrogen (secondary N) is 2. The lowest BCUT2D eigenvalue weighted by Gasteiger charge is -2.22. The molecule has 1 aliphatic heterocycles. The van der Waals surface area contributed by atoms with E-state index in [0.29, 0.717) is 42.5 Å². The van der Waals surface area contributed by atoms with Crippen molar-refractivity contribution in [1.82, 2.24) is 15.2 Å². The van der Waals surface area contributed by atoms with Gasteiger partial charge in [0, 0.05) is 43.3 Å². The average molecular weight is 523 g/mol. The zero-order chi connectivity index (χ0) is 26.0. The largest absolute Gasteiger partial charge is 0.445 e. The zero-order valence-electron chi connectivity index (χ0n) is 20.6. The summed E-state index contributed by atoms with van der Waals surface area (Å²) in [6.07, 6.45) is 1.55. The van der Waals surface area contributed by atoms with Crippen LogP contribution in [0, 0.1) is 0 Å². The Morgan fingerprint density at radius 1 is 1.11 bits per heavy atom. The molecule has 3 amide bonds. The summed E-state index contributed by atoms with van der Waals surface area (Å²) in [4.78, 5) is 43.8. The van der Waals surface area contributed by atoms with Crippen molar-refractivity contribution >= 4 is 34.4 Å². The van der Waals surface area contributed by atoms with Crippen LogP contribution in [0.1, 0.15) is 35.2 Å². The number of hydrogen-bond donors (Lipinski definition) is 2. The first kappa shape index (κ1) is 26.3. The third-order valence-corrected chi connectivity index (χ3v) is 6.74. The molecule has 1 saturated heterocycles. The second kappa shape index (κ2) is 13.0. The van der Waals surface area contributed by atoms with Crippen molar-refractivity contribution in [2.45, 2.75) is 31.9 Å². The van der Waals surface area contributed by atoms with Crippen LogP contribution in [0.3, 0.4) is 0 Å². The summed E-state index contributed by atoms with van der Waals surface area (Å²) in [7, 11) is 1.63. The Kier molecular flexibility index (Phi) is 9.23. The standard InChI is InChI=1S/C27H30N4O5S/c1-35-16-6-14-28-24(32)21-12-10-20(11-13-21)22-18-37-26(29-22)30-25(33)23-9-5-15-31(23)27(34)36-17-19-7-3-2-4-8-19/h2-4,7-8,10-13,18,23H,5-6,9,14-17H2,1H3,(H,28,32)(H,29,30,33). The molecule has 1 unspecified atom stereocenters. The molecule has 194 valence electrons. The lowest BCUT2D eigenvalue weighted by Crippen LogP contribution is -2.43. The Labute approximate surface area is 219 Å². The molecule has 0 bridgehead atoms. The van der Waals surface area contributed by atoms with Crippen LogP contribution in [0.4, 0.5) is 9.93 Å². The van der Waals surface area contributed by atoms with E-state index in [2.05, 4.69) is 15.6 Å². The minimum atomic E-state index is -0.600. The lowest BCUT2D eigenvalue weighted by atomic mass is 10.1. The van der Waals surface area contributed by atoms with E-state index in [1.165, 1.54) is 16.2 Å². The number of methoxy groups -OCH3 is 1. The molecule has 2 N–H and O–H groups in total. The van der Waals surface area contributed by atoms with E-state index in [1.807, 2.05) is 47.8 Å². The van der Waals surface area contributed by atoms with Gasteiger partial charge in [0.2, 0.25) is 5.91 Å². The predicted molar refractivity (Wildman–Crippen MR) is 141 cm³/mol. The predicted octanol–water partition coefficient (Wildman–Crippen LogP) is 4.32. The molecule has 0 aliphatic carbocycles. The van der Waals surface area contributed by atoms with E-state index in [-0.39, 0.29) is 18.4 Å². The van der Waals surface area contributed by atoms with E-state index in [0.717, 1.165) is 24.0 Å². The molecule has 2 heterocycles. The fraction of sp³-hybridized carbons (Fsp3) is 0.333. The molecule has 37 heavy (non-hydrogen) atoms. The number of anilines is 1. The Morgan fingerprint density at radius 3 is 2.65 bits per heavy atom. The van der Waals surface area contributed by atoms with Crippen LogP contribution in [0.25, 0.3) is 11.3 Å². The van der Waals surface area contributed by atoms with E-state index in [9.17, 15) is 14.4 Å². The number of rotatable bonds is 10. The van der Waals surface area contributed by atoms with Crippen molar-refractivity contribution in [3.05, 3.63) is 71.1 Å². The summed E-state index contributed by atoms with van der Waals surface area (Å²) >= 11 is 1.31. The van der Waals surface area contributed by atoms with Crippen molar-refractivity contribution in [3.63, 3.8) is 0 Å². The molecule has 1 aromatic heterocycles. The van der Waals surface area contributed by atoms with Crippen molar-refractivity contribution in [1.29, 1.82) is 0 Å². The molecule has 1 atom stereocenters. The van der Waals surface area contributed by atoms with Gasteiger partial charge in [-0.15, -0.1) is 11.3 Å². The Hall–Kier alpha value is -3.76. The van der Waals surface area contributed by atoms with E-state index in [4.69, 9.17) is 9.47 Å². The van der Waals surface area contributed by atoms with Gasteiger partial charge in [-0.05, 0) is 37.0 Å². The van der Waals surface area contributed by atoms with Crippen LogP contribution in [0.2, 0.25) is 0 Å². The number of likely N-dealkylation sites (tertiary alicyclic amines) is 1. The van der Waals surface area contributed by atoms with E-state index < -0.39 is 12.1 Å². The maximum Gasteiger partial charge on any atom is 0.410 e. The number of benzene rings is 2. The third-order valence-electron chi connectivity index (χ3n) is 5.98. The van der Waals surface area contributed by atoms with Gasteiger partial charge < -0.3 is 20.1 Å². The summed E-state index contributed by atoms with van der Waals surface area (Å²) in [5.74, 6) is -0.423. The minimum absolute atomic E-state index is 0.141. The monoisotopic (exact) mass is 522 g/mol. The van der Waals surface area contributed by atoms with Crippen LogP contribution >= 0.6 is 11.3 Å². The van der Waals surface area contributed by atoms with Crippen LogP contribution in [0.15, 0.2) is 60.0 Å². The average Bonchev–Trinajstić information content (AvgIpc) is 3.61. The highest BCUT2D eigenvalue weighted by Crippen LogP contribution is 2.27. The first-order valence-electron chi connectivity index (χ1n) is 12.2. The van der Waals surface area contributed by atoms with Gasteiger partial charge in [-0.3, -0.25) is 14.5 Å². The van der Waals surface area contributed by atoms with Gasteiger partial charge >= 0.3 is 6.09 Å². The highest BCUT2D eigenvalue weighted by atomic mass is 32.1. The molecular weight excluding hydrogens is 492 g/mol. The van der Waals surface area contributed by atoms with Crippen molar-refractivity contribution in [2.24, 2.45) is 0 Å². The van der Waals surface area contributed by atoms with Crippen molar-refractivity contribution in [3.8, 4) is 11.3 Å². The number of thiazole rings is 1. The summed E-state index contributed by atoms with van der Waals surface area (Å²) < 4.78 is 10.4. The summed E-state index contributed by atoms with van der Waals surface area (Å²) in [5, 5.41) is 7.99. The second-order valence-corrected chi connectivity index (χ2v) is 9.46. The van der Waals surface area contributed by atoms with Gasteiger partial charge in [-0.2, -0.15) is 0 Å². The molecule has 3 aromatic rings. The number of carbonyl (C=O) groups excluding carboxylic acids is 3. The van der Waals surface area contributed by atoms with Crippen molar-refractivity contribution in [2.75, 3.05) is 32.1 Å². The Bertz CT molecular complexity index is 1200. The summed E-state index contributed by atoms with van der Waals surface area (Å²) in [5.41, 5.74) is 2.98. The normalized spacial score (nSPS) is 14.8. The molecular formula is C27H30N4O5S. The molecule has 10 heteroatoms. The van der Waals surface area contributed by atoms with Crippen LogP contribution in [0.5, 0.6) is 0 Å². The zero-order valence-corrected chi connectivity index (χ0v) is 21.5. The first-order chi connectivity index (χ1) is 18.0. The molecule has 2 aromatic carbocycles. The fourth-order valence-corrected chi connectivity index (χ4v) is 4.75. The van der Waals surface area contributed by atoms with Crippen LogP contribution in [-0.4, -0.2) is 60.6 Å². The molecule has 0 saturated carbocycles. The quantitative estimate of drug-likeness (QED) is 0.384. The molecule has 1 aliphatic rings. The van der Waals surface area contributed by atoms with Crippen molar-refractivity contribution < 1.29 is 23.9 Å². The minimum Gasteiger partial charge on any atom is -0.445 e. The Balaban J connectivity index is 1.30. The van der Waals surface area contributed by atoms with Gasteiger partial charge in [0.05, 0.1) is 5.69 Å². The molecule has 9 nitrogen and oxygen atoms in total. The van der Waals surface area contributed by atoms with Gasteiger partial charge in [-0.1, -0.05) is 42.5 Å². The van der Waals surface area contributed by atoms with Gasteiger partial charge in [-0.25, -0.2) is 9.78 Å². The number of hydrogen-bond acceptors (Lipinski definition) is 7. The van der Waals surface area contributed by atoms with Crippen LogP contribution in [-0.2, 0) is 20.9 Å². The SMILES string of the molecule is COCCCNC(=O)c1ccc(-c2csc(NC(=O)C3CCCN3C(=O)OCc3ccccc3)n2)cc1. The Morgan fingerprint density at radius 2 is 1.89 bits per heavy atom. The first-order valence-corrected chi connectivity index (χ1v) is 13.0. The summed E-state index contributed by atoms with van der Waals surface area (Å²) in [6, 6.07) is 16.0. The summed E-state index contributed by atoms with van der Waals surface area (Å²) in [6.45, 7) is 1.78. The smallest absolute Gasteiger partial charge is 0.410 e. The van der Waals surface area contributed by atoms with E-state index >= 15 is 0 Å². The van der Waals surface area contributed by atoms with Gasteiger partial charge in [0.15, 0.2) is 5.13 Å². The number of nitrogens with zero attached hydrogens (tertiary/aromatic N) is 2. The maximum atomic E-state index is 13.0. The lowest BCUT2D eigenvalue weighted by molar-refractivity contribution is -0.120. The number of ether oxygens (including phenoxy) is 2. The number of aromatic nitrogens is 1.